The van der Waals surface area contributed by atoms with Gasteiger partial charge in [0.1, 0.15) is 0 Å². The molecule has 0 N–H and O–H groups in total. The molecule has 0 aromatic heterocycles. The Morgan fingerprint density at radius 2 is 1.26 bits per heavy atom. The average Bonchev–Trinajstić information content (AvgIpc) is 3.13. The number of fused-ring (bicyclic) bond motifs is 3. The molecular formula is C31H32Cl2OTi. The molecule has 3 aromatic carbocycles. The summed E-state index contributed by atoms with van der Waals surface area (Å²) >= 11 is -3.90. The van der Waals surface area contributed by atoms with Gasteiger partial charge in [0.15, 0.2) is 0 Å². The quantitative estimate of drug-likeness (QED) is 0.300. The summed E-state index contributed by atoms with van der Waals surface area (Å²) in [6.45, 7) is 15.5. The van der Waals surface area contributed by atoms with E-state index in [0.29, 0.717) is 0 Å². The van der Waals surface area contributed by atoms with Crippen LogP contribution in [0, 0.1) is 5.41 Å². The Balaban J connectivity index is 1.57. The number of rotatable bonds is 4. The number of hydrogen-bond donors (Lipinski definition) is 0. The predicted octanol–water partition coefficient (Wildman–Crippen LogP) is 10.1. The number of halogens is 2. The van der Waals surface area contributed by atoms with Gasteiger partial charge in [0.05, 0.1) is 0 Å². The van der Waals surface area contributed by atoms with E-state index in [4.69, 9.17) is 21.9 Å². The fourth-order valence-corrected chi connectivity index (χ4v) is 13.1. The Bertz CT molecular complexity index is 1430. The fraction of sp³-hybridized carbons (Fsp3) is 0.290. The van der Waals surface area contributed by atoms with Gasteiger partial charge in [-0.2, -0.15) is 0 Å². The SMILES string of the molecule is CC1=C(C)C(C)(C)[C]([Ti]([Cl])([Cl])[O]c2ccccc2-c2ccc3c(c2)C(C)(C)c2ccccc2-3)=C1C. The number of para-hydroxylation sites is 1. The van der Waals surface area contributed by atoms with Gasteiger partial charge in [-0.15, -0.1) is 0 Å². The van der Waals surface area contributed by atoms with Crippen LogP contribution in [0.4, 0.5) is 0 Å². The van der Waals surface area contributed by atoms with Crippen molar-refractivity contribution in [1.29, 1.82) is 0 Å². The summed E-state index contributed by atoms with van der Waals surface area (Å²) in [6.07, 6.45) is 0. The molecule has 3 aromatic rings. The predicted molar refractivity (Wildman–Crippen MR) is 147 cm³/mol. The third kappa shape index (κ3) is 3.78. The van der Waals surface area contributed by atoms with Gasteiger partial charge in [-0.1, -0.05) is 0 Å². The van der Waals surface area contributed by atoms with Gasteiger partial charge in [0.2, 0.25) is 0 Å². The maximum absolute atomic E-state index is 7.19. The summed E-state index contributed by atoms with van der Waals surface area (Å²) < 4.78 is 7.73. The zero-order chi connectivity index (χ0) is 25.3. The summed E-state index contributed by atoms with van der Waals surface area (Å²) in [4.78, 5) is 0. The van der Waals surface area contributed by atoms with Crippen LogP contribution in [0.15, 0.2) is 87.3 Å². The average molecular weight is 539 g/mol. The molecular weight excluding hydrogens is 507 g/mol. The first-order valence-corrected chi connectivity index (χ1v) is 17.9. The molecule has 0 fully saturated rings. The van der Waals surface area contributed by atoms with Crippen LogP contribution < -0.4 is 3.32 Å². The van der Waals surface area contributed by atoms with Gasteiger partial charge < -0.3 is 0 Å². The molecule has 1 nitrogen and oxygen atoms in total. The van der Waals surface area contributed by atoms with Crippen molar-refractivity contribution in [2.75, 3.05) is 0 Å². The normalized spacial score (nSPS) is 18.1. The van der Waals surface area contributed by atoms with Crippen molar-refractivity contribution in [2.24, 2.45) is 5.41 Å². The Morgan fingerprint density at radius 1 is 0.657 bits per heavy atom. The summed E-state index contributed by atoms with van der Waals surface area (Å²) in [6, 6.07) is 23.6. The van der Waals surface area contributed by atoms with Crippen molar-refractivity contribution in [1.82, 2.24) is 0 Å². The van der Waals surface area contributed by atoms with Gasteiger partial charge in [0, 0.05) is 0 Å². The van der Waals surface area contributed by atoms with Crippen LogP contribution in [-0.4, -0.2) is 0 Å². The topological polar surface area (TPSA) is 9.23 Å². The summed E-state index contributed by atoms with van der Waals surface area (Å²) in [5, 5.41) is 0. The van der Waals surface area contributed by atoms with Gasteiger partial charge in [-0.3, -0.25) is 0 Å². The molecule has 0 atom stereocenters. The van der Waals surface area contributed by atoms with E-state index >= 15 is 0 Å². The third-order valence-electron chi connectivity index (χ3n) is 8.37. The Morgan fingerprint density at radius 3 is 1.91 bits per heavy atom. The van der Waals surface area contributed by atoms with Gasteiger partial charge in [-0.25, -0.2) is 0 Å². The molecule has 2 aliphatic rings. The van der Waals surface area contributed by atoms with Gasteiger partial charge in [0.25, 0.3) is 0 Å². The molecule has 0 aliphatic heterocycles. The van der Waals surface area contributed by atoms with Crippen molar-refractivity contribution in [3.05, 3.63) is 98.5 Å². The standard InChI is InChI=1S/C21H18O.C10H15.2ClH.Ti/c1-21(2)18-9-5-3-8-16(18)17-12-11-14(13-19(17)21)15-7-4-6-10-20(15)22;1-7-6-10(4,5)9(3)8(7)2;;;/h3-13,22H,1-2H3;1-5H3;2*1H;/q;;;;+3/p-3. The van der Waals surface area contributed by atoms with Crippen LogP contribution in [0.5, 0.6) is 5.75 Å². The van der Waals surface area contributed by atoms with Crippen LogP contribution in [-0.2, 0) is 20.3 Å². The molecule has 0 saturated heterocycles. The monoisotopic (exact) mass is 538 g/mol. The van der Waals surface area contributed by atoms with Crippen LogP contribution in [0.2, 0.25) is 0 Å². The Kier molecular flexibility index (Phi) is 5.97. The van der Waals surface area contributed by atoms with E-state index in [1.165, 1.54) is 39.0 Å². The first-order valence-electron chi connectivity index (χ1n) is 12.2. The van der Waals surface area contributed by atoms with Crippen molar-refractivity contribution in [2.45, 2.75) is 53.9 Å². The van der Waals surface area contributed by atoms with Crippen molar-refractivity contribution >= 4 is 18.6 Å². The third-order valence-corrected chi connectivity index (χ3v) is 13.8. The van der Waals surface area contributed by atoms with E-state index in [9.17, 15) is 0 Å². The van der Waals surface area contributed by atoms with E-state index in [1.54, 1.807) is 0 Å². The second-order valence-electron chi connectivity index (χ2n) is 10.9. The molecule has 4 heteroatoms. The zero-order valence-corrected chi connectivity index (χ0v) is 24.6. The van der Waals surface area contributed by atoms with E-state index in [-0.39, 0.29) is 10.8 Å². The second-order valence-corrected chi connectivity index (χ2v) is 18.8. The first-order chi connectivity index (χ1) is 16.4. The summed E-state index contributed by atoms with van der Waals surface area (Å²) in [5.74, 6) is 0.754. The molecule has 0 bridgehead atoms. The first kappa shape index (κ1) is 24.9. The van der Waals surface area contributed by atoms with Gasteiger partial charge >= 0.3 is 223 Å². The molecule has 0 heterocycles. The molecule has 0 amide bonds. The van der Waals surface area contributed by atoms with Crippen molar-refractivity contribution < 1.29 is 18.2 Å². The van der Waals surface area contributed by atoms with Crippen LogP contribution in [0.1, 0.15) is 59.6 Å². The molecule has 180 valence electrons. The second kappa shape index (κ2) is 8.39. The number of hydrogen-bond acceptors (Lipinski definition) is 1. The van der Waals surface area contributed by atoms with E-state index < -0.39 is 14.9 Å². The molecule has 5 rings (SSSR count). The Hall–Kier alpha value is -1.77. The molecule has 0 saturated carbocycles. The van der Waals surface area contributed by atoms with Gasteiger partial charge in [-0.05, 0) is 0 Å². The van der Waals surface area contributed by atoms with Crippen LogP contribution in [0.3, 0.4) is 0 Å². The van der Waals surface area contributed by atoms with E-state index in [1.807, 2.05) is 18.2 Å². The number of benzene rings is 3. The van der Waals surface area contributed by atoms with Crippen LogP contribution in [0.25, 0.3) is 22.3 Å². The number of allylic oxidation sites excluding steroid dienone is 4. The van der Waals surface area contributed by atoms with Crippen molar-refractivity contribution in [3.63, 3.8) is 0 Å². The fourth-order valence-electron chi connectivity index (χ4n) is 6.03. The summed E-state index contributed by atoms with van der Waals surface area (Å²) in [5.41, 5.74) is 11.0. The summed E-state index contributed by atoms with van der Waals surface area (Å²) in [7, 11) is 14.4. The molecule has 0 radical (unpaired) electrons. The van der Waals surface area contributed by atoms with Crippen LogP contribution >= 0.6 is 18.6 Å². The molecule has 35 heavy (non-hydrogen) atoms. The van der Waals surface area contributed by atoms with E-state index in [0.717, 1.165) is 20.8 Å². The molecule has 0 spiro atoms. The zero-order valence-electron chi connectivity index (χ0n) is 21.5. The minimum absolute atomic E-state index is 0.0607. The van der Waals surface area contributed by atoms with Crippen molar-refractivity contribution in [3.8, 4) is 28.0 Å². The Labute approximate surface area is 221 Å². The minimum atomic E-state index is -3.90. The molecule has 2 aliphatic carbocycles. The van der Waals surface area contributed by atoms with E-state index in [2.05, 4.69) is 97.0 Å². The maximum atomic E-state index is 7.19. The molecule has 0 unspecified atom stereocenters.